The average Bonchev–Trinajstić information content (AvgIpc) is 2.95. The van der Waals surface area contributed by atoms with Crippen molar-refractivity contribution in [2.45, 2.75) is 0 Å². The summed E-state index contributed by atoms with van der Waals surface area (Å²) in [5, 5.41) is 5.07. The summed E-state index contributed by atoms with van der Waals surface area (Å²) in [4.78, 5) is 63.3. The minimum atomic E-state index is -0.962. The topological polar surface area (TPSA) is 140 Å². The Morgan fingerprint density at radius 3 is 2.33 bits per heavy atom. The summed E-state index contributed by atoms with van der Waals surface area (Å²) >= 11 is 6.14. The first-order chi connectivity index (χ1) is 19.2. The molecule has 3 aromatic rings. The van der Waals surface area contributed by atoms with Crippen molar-refractivity contribution in [3.8, 4) is 11.5 Å². The van der Waals surface area contributed by atoms with E-state index in [1.807, 2.05) is 0 Å². The van der Waals surface area contributed by atoms with Crippen LogP contribution in [0, 0.1) is 0 Å². The lowest BCUT2D eigenvalue weighted by atomic mass is 10.1. The number of methoxy groups -OCH3 is 2. The molecule has 0 spiro atoms. The first kappa shape index (κ1) is 27.9. The van der Waals surface area contributed by atoms with Gasteiger partial charge in [0.25, 0.3) is 17.7 Å². The third-order valence-corrected chi connectivity index (χ3v) is 5.89. The van der Waals surface area contributed by atoms with Gasteiger partial charge in [0.15, 0.2) is 6.61 Å². The highest BCUT2D eigenvalue weighted by Gasteiger charge is 2.37. The highest BCUT2D eigenvalue weighted by atomic mass is 35.5. The molecule has 0 radical (unpaired) electrons. The Kier molecular flexibility index (Phi) is 8.45. The van der Waals surface area contributed by atoms with E-state index in [1.54, 1.807) is 24.3 Å². The third-order valence-electron chi connectivity index (χ3n) is 5.65. The first-order valence-corrected chi connectivity index (χ1v) is 12.0. The van der Waals surface area contributed by atoms with E-state index in [2.05, 4.69) is 15.4 Å². The Morgan fingerprint density at radius 1 is 0.975 bits per heavy atom. The molecule has 0 bridgehead atoms. The molecule has 1 heterocycles. The molecule has 4 rings (SSSR count). The molecule has 1 saturated heterocycles. The van der Waals surface area contributed by atoms with Crippen LogP contribution in [0.15, 0.2) is 72.3 Å². The molecule has 11 nitrogen and oxygen atoms in total. The van der Waals surface area contributed by atoms with Crippen LogP contribution in [0.25, 0.3) is 6.08 Å². The van der Waals surface area contributed by atoms with Crippen molar-refractivity contribution in [1.29, 1.82) is 0 Å². The van der Waals surface area contributed by atoms with Gasteiger partial charge in [-0.05, 0) is 72.8 Å². The van der Waals surface area contributed by atoms with Crippen molar-refractivity contribution in [2.24, 2.45) is 0 Å². The monoisotopic (exact) mass is 563 g/mol. The van der Waals surface area contributed by atoms with Crippen LogP contribution in [0.2, 0.25) is 5.02 Å². The second-order valence-electron chi connectivity index (χ2n) is 8.24. The van der Waals surface area contributed by atoms with E-state index in [-0.39, 0.29) is 39.8 Å². The summed E-state index contributed by atoms with van der Waals surface area (Å²) in [7, 11) is 2.76. The number of imide groups is 2. The summed E-state index contributed by atoms with van der Waals surface area (Å²) in [6, 6.07) is 15.7. The van der Waals surface area contributed by atoms with Crippen molar-refractivity contribution >= 4 is 58.8 Å². The van der Waals surface area contributed by atoms with Crippen LogP contribution in [0.5, 0.6) is 11.5 Å². The van der Waals surface area contributed by atoms with E-state index in [1.165, 1.54) is 62.8 Å². The minimum Gasteiger partial charge on any atom is -0.497 e. The van der Waals surface area contributed by atoms with Crippen molar-refractivity contribution in [3.63, 3.8) is 0 Å². The number of hydrogen-bond acceptors (Lipinski definition) is 8. The summed E-state index contributed by atoms with van der Waals surface area (Å²) in [6.07, 6.45) is 1.21. The Morgan fingerprint density at radius 2 is 1.68 bits per heavy atom. The Labute approximate surface area is 233 Å². The Bertz CT molecular complexity index is 1520. The largest absolute Gasteiger partial charge is 0.497 e. The lowest BCUT2D eigenvalue weighted by molar-refractivity contribution is -0.122. The van der Waals surface area contributed by atoms with Gasteiger partial charge in [-0.2, -0.15) is 0 Å². The number of carbonyl (C=O) groups is 5. The van der Waals surface area contributed by atoms with Crippen molar-refractivity contribution in [2.75, 3.05) is 31.0 Å². The number of hydrogen-bond donors (Lipinski definition) is 2. The van der Waals surface area contributed by atoms with Gasteiger partial charge in [0.2, 0.25) is 0 Å². The first-order valence-electron chi connectivity index (χ1n) is 11.7. The van der Waals surface area contributed by atoms with E-state index < -0.39 is 29.7 Å². The normalized spacial score (nSPS) is 14.0. The lowest BCUT2D eigenvalue weighted by Gasteiger charge is -2.26. The number of ether oxygens (including phenoxy) is 3. The van der Waals surface area contributed by atoms with Crippen LogP contribution in [-0.2, 0) is 19.1 Å². The second kappa shape index (κ2) is 12.1. The van der Waals surface area contributed by atoms with Gasteiger partial charge in [-0.1, -0.05) is 11.6 Å². The van der Waals surface area contributed by atoms with Gasteiger partial charge in [-0.3, -0.25) is 19.7 Å². The summed E-state index contributed by atoms with van der Waals surface area (Å²) in [5.74, 6) is -2.11. The molecule has 3 aromatic carbocycles. The number of barbiturate groups is 1. The molecule has 0 atom stereocenters. The molecule has 2 N–H and O–H groups in total. The van der Waals surface area contributed by atoms with Crippen molar-refractivity contribution in [3.05, 3.63) is 88.5 Å². The molecule has 12 heteroatoms. The van der Waals surface area contributed by atoms with Gasteiger partial charge in [-0.25, -0.2) is 14.5 Å². The molecule has 0 aliphatic carbocycles. The number of nitrogens with zero attached hydrogens (tertiary/aromatic N) is 1. The standard InChI is InChI=1S/C28H22ClN3O8/c1-38-21-10-6-19(7-11-21)30-24(33)15-40-23-12-5-18(29)13-17(23)14-22-25(34)31-28(37)32(26(22)35)20-8-3-16(4-9-20)27(36)39-2/h3-14H,15H2,1-2H3,(H,30,33)(H,31,34,37)/b22-14-. The molecular formula is C28H22ClN3O8. The van der Waals surface area contributed by atoms with E-state index in [4.69, 9.17) is 21.1 Å². The minimum absolute atomic E-state index is 0.117. The van der Waals surface area contributed by atoms with Gasteiger partial charge in [-0.15, -0.1) is 0 Å². The number of anilines is 2. The van der Waals surface area contributed by atoms with Crippen LogP contribution in [0.3, 0.4) is 0 Å². The van der Waals surface area contributed by atoms with Crippen LogP contribution in [0.4, 0.5) is 16.2 Å². The summed E-state index contributed by atoms with van der Waals surface area (Å²) in [5.41, 5.74) is 0.692. The number of nitrogens with one attached hydrogen (secondary N) is 2. The summed E-state index contributed by atoms with van der Waals surface area (Å²) in [6.45, 7) is -0.388. The van der Waals surface area contributed by atoms with Crippen LogP contribution < -0.4 is 25.0 Å². The fourth-order valence-electron chi connectivity index (χ4n) is 3.69. The smallest absolute Gasteiger partial charge is 0.337 e. The van der Waals surface area contributed by atoms with E-state index >= 15 is 0 Å². The maximum absolute atomic E-state index is 13.3. The molecule has 204 valence electrons. The number of benzene rings is 3. The molecule has 40 heavy (non-hydrogen) atoms. The van der Waals surface area contributed by atoms with Crippen molar-refractivity contribution in [1.82, 2.24) is 5.32 Å². The van der Waals surface area contributed by atoms with Gasteiger partial charge < -0.3 is 19.5 Å². The molecule has 0 unspecified atom stereocenters. The number of urea groups is 1. The maximum Gasteiger partial charge on any atom is 0.337 e. The molecule has 1 fully saturated rings. The highest BCUT2D eigenvalue weighted by molar-refractivity contribution is 6.39. The predicted octanol–water partition coefficient (Wildman–Crippen LogP) is 3.82. The number of amides is 5. The van der Waals surface area contributed by atoms with E-state index in [0.29, 0.717) is 11.4 Å². The maximum atomic E-state index is 13.3. The number of rotatable bonds is 8. The van der Waals surface area contributed by atoms with Crippen LogP contribution >= 0.6 is 11.6 Å². The van der Waals surface area contributed by atoms with Crippen LogP contribution in [0.1, 0.15) is 15.9 Å². The Hall–Kier alpha value is -5.16. The zero-order chi connectivity index (χ0) is 28.8. The molecule has 0 aromatic heterocycles. The predicted molar refractivity (Wildman–Crippen MR) is 145 cm³/mol. The SMILES string of the molecule is COC(=O)c1ccc(N2C(=O)NC(=O)/C(=C/c3cc(Cl)ccc3OCC(=O)Nc3ccc(OC)cc3)C2=O)cc1. The van der Waals surface area contributed by atoms with Gasteiger partial charge in [0.05, 0.1) is 25.5 Å². The van der Waals surface area contributed by atoms with Crippen LogP contribution in [-0.4, -0.2) is 50.5 Å². The molecular weight excluding hydrogens is 542 g/mol. The molecule has 0 saturated carbocycles. The lowest BCUT2D eigenvalue weighted by Crippen LogP contribution is -2.54. The van der Waals surface area contributed by atoms with Gasteiger partial charge in [0, 0.05) is 16.3 Å². The fraction of sp³-hybridized carbons (Fsp3) is 0.107. The van der Waals surface area contributed by atoms with Gasteiger partial charge in [0.1, 0.15) is 17.1 Å². The third kappa shape index (κ3) is 6.27. The summed E-state index contributed by atoms with van der Waals surface area (Å²) < 4.78 is 15.4. The van der Waals surface area contributed by atoms with Gasteiger partial charge >= 0.3 is 12.0 Å². The highest BCUT2D eigenvalue weighted by Crippen LogP contribution is 2.28. The number of halogens is 1. The van der Waals surface area contributed by atoms with E-state index in [9.17, 15) is 24.0 Å². The zero-order valence-electron chi connectivity index (χ0n) is 21.2. The Balaban J connectivity index is 1.55. The average molecular weight is 564 g/mol. The van der Waals surface area contributed by atoms with Crippen molar-refractivity contribution < 1.29 is 38.2 Å². The number of carbonyl (C=O) groups excluding carboxylic acids is 5. The zero-order valence-corrected chi connectivity index (χ0v) is 22.0. The quantitative estimate of drug-likeness (QED) is 0.239. The van der Waals surface area contributed by atoms with E-state index in [0.717, 1.165) is 4.90 Å². The molecule has 5 amide bonds. The fourth-order valence-corrected chi connectivity index (χ4v) is 3.87. The number of esters is 1. The molecule has 1 aliphatic heterocycles. The second-order valence-corrected chi connectivity index (χ2v) is 8.68. The molecule has 1 aliphatic rings.